The van der Waals surface area contributed by atoms with Crippen molar-refractivity contribution in [3.05, 3.63) is 77.4 Å². The first-order chi connectivity index (χ1) is 13.6. The topological polar surface area (TPSA) is 59.2 Å². The van der Waals surface area contributed by atoms with Gasteiger partial charge in [0, 0.05) is 29.9 Å². The van der Waals surface area contributed by atoms with Gasteiger partial charge in [-0.15, -0.1) is 0 Å². The molecule has 0 saturated carbocycles. The Kier molecular flexibility index (Phi) is 5.06. The van der Waals surface area contributed by atoms with Crippen LogP contribution in [0.2, 0.25) is 0 Å². The van der Waals surface area contributed by atoms with Gasteiger partial charge in [0.2, 0.25) is 5.91 Å². The van der Waals surface area contributed by atoms with Crippen LogP contribution in [0.1, 0.15) is 41.6 Å². The van der Waals surface area contributed by atoms with Crippen LogP contribution in [-0.4, -0.2) is 27.5 Å². The molecular formula is C23H23N3O2. The molecule has 0 N–H and O–H groups in total. The lowest BCUT2D eigenvalue weighted by atomic mass is 10.0. The van der Waals surface area contributed by atoms with E-state index in [2.05, 4.69) is 10.1 Å². The Balaban J connectivity index is 1.52. The summed E-state index contributed by atoms with van der Waals surface area (Å²) in [6.45, 7) is 4.59. The van der Waals surface area contributed by atoms with Gasteiger partial charge in [0.1, 0.15) is 5.76 Å². The Labute approximate surface area is 164 Å². The highest BCUT2D eigenvalue weighted by Crippen LogP contribution is 2.33. The number of hydrogen-bond acceptors (Lipinski definition) is 4. The van der Waals surface area contributed by atoms with E-state index in [0.717, 1.165) is 53.2 Å². The highest BCUT2D eigenvalue weighted by Gasteiger charge is 2.29. The summed E-state index contributed by atoms with van der Waals surface area (Å²) in [5, 5.41) is 4.01. The molecule has 3 heterocycles. The van der Waals surface area contributed by atoms with Crippen molar-refractivity contribution >= 4 is 12.0 Å². The van der Waals surface area contributed by atoms with E-state index in [1.165, 1.54) is 0 Å². The molecule has 2 aromatic heterocycles. The molecule has 0 bridgehead atoms. The molecule has 0 unspecified atom stereocenters. The van der Waals surface area contributed by atoms with Crippen LogP contribution < -0.4 is 0 Å². The number of benzene rings is 1. The van der Waals surface area contributed by atoms with E-state index >= 15 is 0 Å². The molecule has 1 aromatic carbocycles. The summed E-state index contributed by atoms with van der Waals surface area (Å²) in [4.78, 5) is 19.3. The molecule has 28 heavy (non-hydrogen) atoms. The quantitative estimate of drug-likeness (QED) is 0.620. The number of amides is 1. The van der Waals surface area contributed by atoms with Crippen molar-refractivity contribution in [2.75, 3.05) is 6.54 Å². The molecule has 1 aliphatic heterocycles. The van der Waals surface area contributed by atoms with Gasteiger partial charge >= 0.3 is 0 Å². The van der Waals surface area contributed by atoms with Crippen molar-refractivity contribution in [3.63, 3.8) is 0 Å². The van der Waals surface area contributed by atoms with Gasteiger partial charge < -0.3 is 9.42 Å². The van der Waals surface area contributed by atoms with Crippen molar-refractivity contribution in [2.45, 2.75) is 32.7 Å². The normalized spacial score (nSPS) is 16.8. The number of hydrogen-bond donors (Lipinski definition) is 0. The fourth-order valence-corrected chi connectivity index (χ4v) is 3.81. The number of carbonyl (C=O) groups excluding carboxylic acids is 1. The lowest BCUT2D eigenvalue weighted by Crippen LogP contribution is -2.29. The van der Waals surface area contributed by atoms with Gasteiger partial charge in [0.05, 0.1) is 17.4 Å². The average molecular weight is 373 g/mol. The SMILES string of the molecule is Cc1noc(C)c1-c1ccc([C@@H]2CCCN2C(=O)/C=C/c2ccccc2)nc1. The summed E-state index contributed by atoms with van der Waals surface area (Å²) >= 11 is 0. The molecule has 1 amide bonds. The molecule has 3 aromatic rings. The molecule has 1 aliphatic rings. The van der Waals surface area contributed by atoms with Crippen molar-refractivity contribution in [3.8, 4) is 11.1 Å². The second kappa shape index (κ2) is 7.80. The summed E-state index contributed by atoms with van der Waals surface area (Å²) in [5.74, 6) is 0.818. The molecule has 5 heteroatoms. The van der Waals surface area contributed by atoms with Gasteiger partial charge in [-0.1, -0.05) is 41.6 Å². The molecule has 142 valence electrons. The van der Waals surface area contributed by atoms with Crippen molar-refractivity contribution < 1.29 is 9.32 Å². The third-order valence-electron chi connectivity index (χ3n) is 5.20. The molecule has 1 fully saturated rings. The summed E-state index contributed by atoms with van der Waals surface area (Å²) in [6, 6.07) is 13.9. The smallest absolute Gasteiger partial charge is 0.247 e. The molecular weight excluding hydrogens is 350 g/mol. The van der Waals surface area contributed by atoms with E-state index in [4.69, 9.17) is 4.52 Å². The maximum Gasteiger partial charge on any atom is 0.247 e. The summed E-state index contributed by atoms with van der Waals surface area (Å²) in [7, 11) is 0. The van der Waals surface area contributed by atoms with Crippen molar-refractivity contribution in [1.82, 2.24) is 15.0 Å². The predicted octanol–water partition coefficient (Wildman–Crippen LogP) is 4.73. The van der Waals surface area contributed by atoms with Crippen LogP contribution in [0.5, 0.6) is 0 Å². The fourth-order valence-electron chi connectivity index (χ4n) is 3.81. The van der Waals surface area contributed by atoms with Gasteiger partial charge in [0.15, 0.2) is 0 Å². The summed E-state index contributed by atoms with van der Waals surface area (Å²) in [5.41, 5.74) is 4.78. The zero-order chi connectivity index (χ0) is 19.5. The van der Waals surface area contributed by atoms with Gasteiger partial charge in [-0.2, -0.15) is 0 Å². The largest absolute Gasteiger partial charge is 0.361 e. The van der Waals surface area contributed by atoms with Crippen LogP contribution >= 0.6 is 0 Å². The zero-order valence-electron chi connectivity index (χ0n) is 16.1. The Morgan fingerprint density at radius 2 is 2.00 bits per heavy atom. The van der Waals surface area contributed by atoms with Crippen LogP contribution in [0.3, 0.4) is 0 Å². The van der Waals surface area contributed by atoms with E-state index in [9.17, 15) is 4.79 Å². The number of aromatic nitrogens is 2. The third kappa shape index (κ3) is 3.60. The van der Waals surface area contributed by atoms with Crippen LogP contribution in [0.15, 0.2) is 59.3 Å². The van der Waals surface area contributed by atoms with E-state index in [0.29, 0.717) is 0 Å². The zero-order valence-corrected chi connectivity index (χ0v) is 16.1. The number of aryl methyl sites for hydroxylation is 2. The molecule has 4 rings (SSSR count). The van der Waals surface area contributed by atoms with E-state index < -0.39 is 0 Å². The molecule has 0 radical (unpaired) electrons. The van der Waals surface area contributed by atoms with Gasteiger partial charge in [0.25, 0.3) is 0 Å². The van der Waals surface area contributed by atoms with Crippen LogP contribution in [-0.2, 0) is 4.79 Å². The summed E-state index contributed by atoms with van der Waals surface area (Å²) in [6.07, 6.45) is 7.30. The van der Waals surface area contributed by atoms with Crippen molar-refractivity contribution in [1.29, 1.82) is 0 Å². The number of pyridine rings is 1. The minimum absolute atomic E-state index is 0.0200. The second-order valence-corrected chi connectivity index (χ2v) is 7.10. The lowest BCUT2D eigenvalue weighted by Gasteiger charge is -2.23. The molecule has 1 atom stereocenters. The van der Waals surface area contributed by atoms with Crippen LogP contribution in [0.4, 0.5) is 0 Å². The number of carbonyl (C=O) groups is 1. The predicted molar refractivity (Wildman–Crippen MR) is 108 cm³/mol. The molecule has 0 aliphatic carbocycles. The maximum absolute atomic E-state index is 12.7. The maximum atomic E-state index is 12.7. The van der Waals surface area contributed by atoms with Gasteiger partial charge in [-0.3, -0.25) is 9.78 Å². The average Bonchev–Trinajstić information content (AvgIpc) is 3.34. The molecule has 5 nitrogen and oxygen atoms in total. The number of nitrogens with zero attached hydrogens (tertiary/aromatic N) is 3. The minimum atomic E-state index is 0.0200. The first-order valence-electron chi connectivity index (χ1n) is 9.56. The number of likely N-dealkylation sites (tertiary alicyclic amines) is 1. The monoisotopic (exact) mass is 373 g/mol. The third-order valence-corrected chi connectivity index (χ3v) is 5.20. The van der Waals surface area contributed by atoms with E-state index in [1.54, 1.807) is 6.08 Å². The fraction of sp³-hybridized carbons (Fsp3) is 0.261. The highest BCUT2D eigenvalue weighted by molar-refractivity contribution is 5.92. The first-order valence-corrected chi connectivity index (χ1v) is 9.56. The minimum Gasteiger partial charge on any atom is -0.361 e. The number of rotatable bonds is 4. The first kappa shape index (κ1) is 18.2. The summed E-state index contributed by atoms with van der Waals surface area (Å²) < 4.78 is 5.25. The molecule has 0 spiro atoms. The van der Waals surface area contributed by atoms with Crippen LogP contribution in [0, 0.1) is 13.8 Å². The van der Waals surface area contributed by atoms with Gasteiger partial charge in [-0.05, 0) is 44.4 Å². The molecule has 1 saturated heterocycles. The van der Waals surface area contributed by atoms with E-state index in [-0.39, 0.29) is 11.9 Å². The Bertz CT molecular complexity index is 971. The van der Waals surface area contributed by atoms with Crippen LogP contribution in [0.25, 0.3) is 17.2 Å². The van der Waals surface area contributed by atoms with Gasteiger partial charge in [-0.25, -0.2) is 0 Å². The van der Waals surface area contributed by atoms with Crippen molar-refractivity contribution in [2.24, 2.45) is 0 Å². The second-order valence-electron chi connectivity index (χ2n) is 7.10. The standard InChI is InChI=1S/C23H23N3O2/c1-16-23(17(2)28-25-16)19-11-12-20(24-15-19)21-9-6-14-26(21)22(27)13-10-18-7-4-3-5-8-18/h3-5,7-8,10-13,15,21H,6,9,14H2,1-2H3/b13-10+/t21-/m0/s1. The van der Waals surface area contributed by atoms with E-state index in [1.807, 2.05) is 73.5 Å². The highest BCUT2D eigenvalue weighted by atomic mass is 16.5. The Morgan fingerprint density at radius 3 is 2.68 bits per heavy atom. The Hall–Kier alpha value is -3.21. The lowest BCUT2D eigenvalue weighted by molar-refractivity contribution is -0.126. The Morgan fingerprint density at radius 1 is 1.18 bits per heavy atom.